The zero-order valence-electron chi connectivity index (χ0n) is 10.4. The molecule has 20 heavy (non-hydrogen) atoms. The van der Waals surface area contributed by atoms with Crippen LogP contribution in [0, 0.1) is 0 Å². The number of anilines is 1. The van der Waals surface area contributed by atoms with E-state index in [-0.39, 0.29) is 23.3 Å². The predicted molar refractivity (Wildman–Crippen MR) is 74.8 cm³/mol. The van der Waals surface area contributed by atoms with Crippen LogP contribution in [-0.4, -0.2) is 42.5 Å². The molecule has 0 bridgehead atoms. The van der Waals surface area contributed by atoms with Gasteiger partial charge in [-0.3, -0.25) is 0 Å². The van der Waals surface area contributed by atoms with Crippen molar-refractivity contribution >= 4 is 28.7 Å². The lowest BCUT2D eigenvalue weighted by Crippen LogP contribution is -2.14. The number of hydrogen-bond donors (Lipinski definition) is 2. The highest BCUT2D eigenvalue weighted by molar-refractivity contribution is 8.00. The lowest BCUT2D eigenvalue weighted by molar-refractivity contribution is 0.289. The molecule has 1 aliphatic heterocycles. The number of thioether (sulfide) groups is 1. The largest absolute Gasteiger partial charge is 0.395 e. The first kappa shape index (κ1) is 13.0. The van der Waals surface area contributed by atoms with Gasteiger partial charge in [-0.25, -0.2) is 15.0 Å². The Bertz CT molecular complexity index is 681. The van der Waals surface area contributed by atoms with Crippen molar-refractivity contribution in [2.75, 3.05) is 12.3 Å². The fourth-order valence-corrected chi connectivity index (χ4v) is 3.75. The van der Waals surface area contributed by atoms with E-state index in [4.69, 9.17) is 11.3 Å². The van der Waals surface area contributed by atoms with Crippen LogP contribution in [0.15, 0.2) is 17.8 Å². The van der Waals surface area contributed by atoms with Gasteiger partial charge < -0.3 is 15.4 Å². The summed E-state index contributed by atoms with van der Waals surface area (Å²) in [6.45, 7) is 0.0440. The Morgan fingerprint density at radius 3 is 3.15 bits per heavy atom. The molecule has 0 radical (unpaired) electrons. The minimum Gasteiger partial charge on any atom is -0.395 e. The fourth-order valence-electron chi connectivity index (χ4n) is 2.32. The Morgan fingerprint density at radius 2 is 2.40 bits per heavy atom. The van der Waals surface area contributed by atoms with Crippen LogP contribution in [0.25, 0.3) is 21.6 Å². The van der Waals surface area contributed by atoms with E-state index in [1.54, 1.807) is 18.1 Å². The van der Waals surface area contributed by atoms with Gasteiger partial charge in [0, 0.05) is 10.2 Å². The van der Waals surface area contributed by atoms with Gasteiger partial charge in [0.05, 0.1) is 24.3 Å². The van der Waals surface area contributed by atoms with E-state index < -0.39 is 0 Å². The molecule has 2 aromatic rings. The van der Waals surface area contributed by atoms with Crippen LogP contribution in [0.1, 0.15) is 11.8 Å². The molecule has 1 aliphatic rings. The van der Waals surface area contributed by atoms with Crippen LogP contribution < -0.4 is 5.73 Å². The number of imidazole rings is 1. The molecule has 0 spiro atoms. The highest BCUT2D eigenvalue weighted by Crippen LogP contribution is 2.44. The van der Waals surface area contributed by atoms with Crippen molar-refractivity contribution in [2.24, 2.45) is 5.11 Å². The zero-order chi connectivity index (χ0) is 14.1. The summed E-state index contributed by atoms with van der Waals surface area (Å²) in [5, 5.41) is 13.0. The normalized spacial score (nSPS) is 25.8. The van der Waals surface area contributed by atoms with Gasteiger partial charge in [-0.15, -0.1) is 11.8 Å². The van der Waals surface area contributed by atoms with E-state index in [0.29, 0.717) is 23.4 Å². The second kappa shape index (κ2) is 5.16. The maximum Gasteiger partial charge on any atom is 0.166 e. The standard InChI is InChI=1S/C10H12N8OS/c11-8-7-9(14-3-13-8)18(4-15-7)10-6(16-17-12)1-5(2-19)20-10/h3-6,10,19H,1-2H2,(H2,11,13,14)/t5-,6+,10?/m1/s1. The van der Waals surface area contributed by atoms with Crippen molar-refractivity contribution in [3.63, 3.8) is 0 Å². The van der Waals surface area contributed by atoms with Gasteiger partial charge in [0.25, 0.3) is 0 Å². The molecule has 3 rings (SSSR count). The fraction of sp³-hybridized carbons (Fsp3) is 0.500. The van der Waals surface area contributed by atoms with Crippen LogP contribution in [0.2, 0.25) is 0 Å². The first-order valence-electron chi connectivity index (χ1n) is 5.98. The van der Waals surface area contributed by atoms with E-state index in [1.807, 2.05) is 4.57 Å². The van der Waals surface area contributed by atoms with Gasteiger partial charge in [0.2, 0.25) is 0 Å². The van der Waals surface area contributed by atoms with Gasteiger partial charge in [-0.1, -0.05) is 5.11 Å². The summed E-state index contributed by atoms with van der Waals surface area (Å²) in [6, 6.07) is -0.254. The second-order valence-corrected chi connectivity index (χ2v) is 5.84. The molecule has 1 unspecified atom stereocenters. The van der Waals surface area contributed by atoms with Crippen molar-refractivity contribution < 1.29 is 5.11 Å². The zero-order valence-corrected chi connectivity index (χ0v) is 11.2. The number of aromatic nitrogens is 4. The van der Waals surface area contributed by atoms with E-state index in [0.717, 1.165) is 0 Å². The lowest BCUT2D eigenvalue weighted by atomic mass is 10.2. The van der Waals surface area contributed by atoms with E-state index >= 15 is 0 Å². The summed E-state index contributed by atoms with van der Waals surface area (Å²) >= 11 is 1.54. The van der Waals surface area contributed by atoms with Crippen molar-refractivity contribution in [3.05, 3.63) is 23.1 Å². The van der Waals surface area contributed by atoms with Crippen molar-refractivity contribution in [1.82, 2.24) is 19.5 Å². The quantitative estimate of drug-likeness (QED) is 0.493. The maximum atomic E-state index is 9.30. The first-order valence-corrected chi connectivity index (χ1v) is 6.92. The van der Waals surface area contributed by atoms with Crippen LogP contribution in [0.5, 0.6) is 0 Å². The molecular weight excluding hydrogens is 280 g/mol. The third kappa shape index (κ3) is 2.03. The summed E-state index contributed by atoms with van der Waals surface area (Å²) in [6.07, 6.45) is 3.62. The summed E-state index contributed by atoms with van der Waals surface area (Å²) in [5.74, 6) is 0.316. The Kier molecular flexibility index (Phi) is 3.35. The molecule has 10 heteroatoms. The monoisotopic (exact) mass is 292 g/mol. The highest BCUT2D eigenvalue weighted by Gasteiger charge is 2.36. The van der Waals surface area contributed by atoms with Gasteiger partial charge in [-0.05, 0) is 12.0 Å². The van der Waals surface area contributed by atoms with Gasteiger partial charge in [0.1, 0.15) is 11.8 Å². The molecule has 3 N–H and O–H groups in total. The van der Waals surface area contributed by atoms with E-state index in [1.165, 1.54) is 6.33 Å². The Hall–Kier alpha value is -2.03. The number of azide groups is 1. The van der Waals surface area contributed by atoms with Crippen LogP contribution in [0.4, 0.5) is 5.82 Å². The molecule has 104 valence electrons. The minimum atomic E-state index is -0.254. The number of rotatable bonds is 3. The smallest absolute Gasteiger partial charge is 0.166 e. The van der Waals surface area contributed by atoms with Gasteiger partial charge in [-0.2, -0.15) is 0 Å². The molecule has 1 fully saturated rings. The topological polar surface area (TPSA) is 139 Å². The van der Waals surface area contributed by atoms with Gasteiger partial charge in [0.15, 0.2) is 11.5 Å². The summed E-state index contributed by atoms with van der Waals surface area (Å²) in [7, 11) is 0. The lowest BCUT2D eigenvalue weighted by Gasteiger charge is -2.16. The maximum absolute atomic E-state index is 9.30. The SMILES string of the molecule is [N-]=[N+]=N[C@H]1C[C@H](CO)SC1n1cnc2c(N)ncnc21. The average Bonchev–Trinajstić information content (AvgIpc) is 3.03. The summed E-state index contributed by atoms with van der Waals surface area (Å²) < 4.78 is 1.83. The molecule has 0 amide bonds. The molecule has 0 aliphatic carbocycles. The predicted octanol–water partition coefficient (Wildman–Crippen LogP) is 1.08. The number of fused-ring (bicyclic) bond motifs is 1. The number of nitrogens with zero attached hydrogens (tertiary/aromatic N) is 7. The third-order valence-electron chi connectivity index (χ3n) is 3.23. The molecule has 3 heterocycles. The average molecular weight is 292 g/mol. The van der Waals surface area contributed by atoms with E-state index in [9.17, 15) is 5.11 Å². The van der Waals surface area contributed by atoms with Crippen LogP contribution >= 0.6 is 11.8 Å². The number of nitrogen functional groups attached to an aromatic ring is 1. The molecule has 0 aromatic carbocycles. The Labute approximate surface area is 117 Å². The number of hydrogen-bond acceptors (Lipinski definition) is 7. The number of aliphatic hydroxyl groups is 1. The molecule has 2 aromatic heterocycles. The molecule has 3 atom stereocenters. The molecule has 9 nitrogen and oxygen atoms in total. The molecule has 0 saturated carbocycles. The Balaban J connectivity index is 2.05. The van der Waals surface area contributed by atoms with Crippen molar-refractivity contribution in [1.29, 1.82) is 0 Å². The number of aliphatic hydroxyl groups excluding tert-OH is 1. The second-order valence-electron chi connectivity index (χ2n) is 4.42. The molecular formula is C10H12N8OS. The van der Waals surface area contributed by atoms with Crippen LogP contribution in [-0.2, 0) is 0 Å². The van der Waals surface area contributed by atoms with Crippen molar-refractivity contribution in [2.45, 2.75) is 23.1 Å². The minimum absolute atomic E-state index is 0.0344. The van der Waals surface area contributed by atoms with Crippen molar-refractivity contribution in [3.8, 4) is 0 Å². The summed E-state index contributed by atoms with van der Waals surface area (Å²) in [4.78, 5) is 15.2. The molecule has 1 saturated heterocycles. The van der Waals surface area contributed by atoms with Crippen LogP contribution in [0.3, 0.4) is 0 Å². The Morgan fingerprint density at radius 1 is 1.55 bits per heavy atom. The van der Waals surface area contributed by atoms with Gasteiger partial charge >= 0.3 is 0 Å². The third-order valence-corrected chi connectivity index (χ3v) is 4.78. The highest BCUT2D eigenvalue weighted by atomic mass is 32.2. The first-order chi connectivity index (χ1) is 9.74. The number of nitrogens with two attached hydrogens (primary N) is 1. The van der Waals surface area contributed by atoms with E-state index in [2.05, 4.69) is 25.0 Å². The summed E-state index contributed by atoms with van der Waals surface area (Å²) in [5.41, 5.74) is 15.6.